The van der Waals surface area contributed by atoms with E-state index in [4.69, 9.17) is 23.2 Å². The summed E-state index contributed by atoms with van der Waals surface area (Å²) in [6, 6.07) is 4.83. The highest BCUT2D eigenvalue weighted by Crippen LogP contribution is 2.25. The van der Waals surface area contributed by atoms with Crippen molar-refractivity contribution < 1.29 is 4.79 Å². The number of nitrogens with one attached hydrogen (secondary N) is 2. The van der Waals surface area contributed by atoms with E-state index in [2.05, 4.69) is 15.3 Å². The van der Waals surface area contributed by atoms with Gasteiger partial charge >= 0.3 is 0 Å². The molecule has 0 bridgehead atoms. The van der Waals surface area contributed by atoms with E-state index in [0.29, 0.717) is 32.9 Å². The Kier molecular flexibility index (Phi) is 6.10. The van der Waals surface area contributed by atoms with Gasteiger partial charge in [-0.2, -0.15) is 0 Å². The van der Waals surface area contributed by atoms with Crippen LogP contribution < -0.4 is 10.9 Å². The number of nitrogens with zero attached hydrogens (tertiary/aromatic N) is 1. The van der Waals surface area contributed by atoms with Crippen LogP contribution in [0.4, 0.5) is 5.69 Å². The molecule has 5 nitrogen and oxygen atoms in total. The molecule has 0 aliphatic rings. The Hall–Kier alpha value is -1.50. The zero-order chi connectivity index (χ0) is 17.0. The number of thioether (sulfide) groups is 1. The maximum Gasteiger partial charge on any atom is 0.254 e. The number of carbonyl (C=O) groups excluding carboxylic acids is 1. The molecule has 1 amide bonds. The van der Waals surface area contributed by atoms with E-state index >= 15 is 0 Å². The molecule has 0 saturated carbocycles. The van der Waals surface area contributed by atoms with E-state index in [9.17, 15) is 9.59 Å². The van der Waals surface area contributed by atoms with E-state index in [0.717, 1.165) is 17.5 Å². The molecule has 0 aliphatic heterocycles. The second-order valence-electron chi connectivity index (χ2n) is 4.76. The highest BCUT2D eigenvalue weighted by molar-refractivity contribution is 7.99. The number of halogens is 2. The minimum Gasteiger partial charge on any atom is -0.324 e. The molecule has 0 atom stereocenters. The lowest BCUT2D eigenvalue weighted by Gasteiger charge is -2.08. The molecule has 1 aromatic heterocycles. The molecule has 0 unspecified atom stereocenters. The van der Waals surface area contributed by atoms with E-state index in [1.165, 1.54) is 0 Å². The van der Waals surface area contributed by atoms with Crippen molar-refractivity contribution in [1.82, 2.24) is 9.97 Å². The predicted octanol–water partition coefficient (Wildman–Crippen LogP) is 3.68. The van der Waals surface area contributed by atoms with Crippen molar-refractivity contribution in [3.8, 4) is 0 Å². The molecule has 0 aliphatic carbocycles. The number of hydrogen-bond donors (Lipinski definition) is 2. The third kappa shape index (κ3) is 4.73. The van der Waals surface area contributed by atoms with Crippen LogP contribution in [-0.4, -0.2) is 21.6 Å². The number of rotatable bonds is 5. The van der Waals surface area contributed by atoms with Crippen LogP contribution in [0.3, 0.4) is 0 Å². The summed E-state index contributed by atoms with van der Waals surface area (Å²) in [7, 11) is 0. The van der Waals surface area contributed by atoms with Crippen LogP contribution in [0, 0.1) is 6.92 Å². The second kappa shape index (κ2) is 7.86. The lowest BCUT2D eigenvalue weighted by molar-refractivity contribution is -0.113. The third-order valence-electron chi connectivity index (χ3n) is 3.11. The van der Waals surface area contributed by atoms with Gasteiger partial charge < -0.3 is 10.3 Å². The molecule has 0 saturated heterocycles. The van der Waals surface area contributed by atoms with Gasteiger partial charge in [0.2, 0.25) is 5.91 Å². The lowest BCUT2D eigenvalue weighted by Crippen LogP contribution is -2.18. The predicted molar refractivity (Wildman–Crippen MR) is 94.8 cm³/mol. The fourth-order valence-electron chi connectivity index (χ4n) is 1.88. The molecule has 2 aromatic rings. The Morgan fingerprint density at radius 1 is 1.39 bits per heavy atom. The smallest absolute Gasteiger partial charge is 0.254 e. The average molecular weight is 372 g/mol. The molecule has 23 heavy (non-hydrogen) atoms. The fraction of sp³-hybridized carbons (Fsp3) is 0.267. The van der Waals surface area contributed by atoms with Gasteiger partial charge in [-0.3, -0.25) is 9.59 Å². The van der Waals surface area contributed by atoms with Gasteiger partial charge in [0.15, 0.2) is 5.16 Å². The summed E-state index contributed by atoms with van der Waals surface area (Å²) < 4.78 is 0. The first kappa shape index (κ1) is 17.8. The first-order chi connectivity index (χ1) is 10.9. The van der Waals surface area contributed by atoms with Gasteiger partial charge in [-0.15, -0.1) is 0 Å². The Labute approximate surface area is 147 Å². The molecular formula is C15H15Cl2N3O2S. The van der Waals surface area contributed by atoms with Gasteiger partial charge in [0, 0.05) is 10.6 Å². The average Bonchev–Trinajstić information content (AvgIpc) is 2.52. The van der Waals surface area contributed by atoms with Gasteiger partial charge in [0.05, 0.1) is 22.2 Å². The van der Waals surface area contributed by atoms with E-state index < -0.39 is 0 Å². The van der Waals surface area contributed by atoms with Gasteiger partial charge in [0.25, 0.3) is 5.56 Å². The number of H-pyrrole nitrogens is 1. The van der Waals surface area contributed by atoms with Crippen molar-refractivity contribution in [3.05, 3.63) is 49.9 Å². The highest BCUT2D eigenvalue weighted by Gasteiger charge is 2.10. The third-order valence-corrected chi connectivity index (χ3v) is 4.55. The number of anilines is 1. The maximum absolute atomic E-state index is 12.0. The number of aromatic amines is 1. The molecule has 1 heterocycles. The number of carbonyl (C=O) groups is 1. The minimum atomic E-state index is -0.263. The Balaban J connectivity index is 2.03. The molecule has 0 fully saturated rings. The Morgan fingerprint density at radius 3 is 2.83 bits per heavy atom. The van der Waals surface area contributed by atoms with Crippen molar-refractivity contribution in [2.45, 2.75) is 25.4 Å². The Bertz CT molecular complexity index is 793. The number of aryl methyl sites for hydroxylation is 1. The molecule has 0 spiro atoms. The van der Waals surface area contributed by atoms with Crippen molar-refractivity contribution >= 4 is 46.6 Å². The summed E-state index contributed by atoms with van der Waals surface area (Å²) in [6.07, 6.45) is 0.660. The van der Waals surface area contributed by atoms with E-state index in [1.54, 1.807) is 25.1 Å². The molecule has 0 radical (unpaired) electrons. The van der Waals surface area contributed by atoms with E-state index in [1.807, 2.05) is 6.92 Å². The van der Waals surface area contributed by atoms with Crippen LogP contribution in [0.15, 0.2) is 28.2 Å². The van der Waals surface area contributed by atoms with Crippen molar-refractivity contribution in [2.75, 3.05) is 11.1 Å². The maximum atomic E-state index is 12.0. The normalized spacial score (nSPS) is 10.6. The van der Waals surface area contributed by atoms with Crippen LogP contribution in [0.1, 0.15) is 18.2 Å². The van der Waals surface area contributed by atoms with Gasteiger partial charge in [-0.1, -0.05) is 41.9 Å². The van der Waals surface area contributed by atoms with Crippen LogP contribution in [-0.2, 0) is 11.2 Å². The number of hydrogen-bond acceptors (Lipinski definition) is 4. The monoisotopic (exact) mass is 371 g/mol. The van der Waals surface area contributed by atoms with Gasteiger partial charge in [-0.05, 0) is 31.5 Å². The first-order valence-electron chi connectivity index (χ1n) is 6.88. The molecule has 1 aromatic carbocycles. The van der Waals surface area contributed by atoms with Crippen molar-refractivity contribution in [1.29, 1.82) is 0 Å². The standard InChI is InChI=1S/C15H15Cl2N3O2S/c1-3-11-8(2)14(22)20-15(19-11)23-7-13(21)18-12-6-9(16)4-5-10(12)17/h4-6H,3,7H2,1-2H3,(H,18,21)(H,19,20,22). The summed E-state index contributed by atoms with van der Waals surface area (Å²) in [5.41, 5.74) is 1.60. The van der Waals surface area contributed by atoms with Crippen molar-refractivity contribution in [2.24, 2.45) is 0 Å². The zero-order valence-electron chi connectivity index (χ0n) is 12.6. The number of aromatic nitrogens is 2. The van der Waals surface area contributed by atoms with Crippen LogP contribution in [0.2, 0.25) is 10.0 Å². The molecule has 8 heteroatoms. The van der Waals surface area contributed by atoms with E-state index in [-0.39, 0.29) is 17.2 Å². The fourth-order valence-corrected chi connectivity index (χ4v) is 2.90. The zero-order valence-corrected chi connectivity index (χ0v) is 14.9. The second-order valence-corrected chi connectivity index (χ2v) is 6.57. The van der Waals surface area contributed by atoms with Crippen LogP contribution >= 0.6 is 35.0 Å². The van der Waals surface area contributed by atoms with Crippen LogP contribution in [0.25, 0.3) is 0 Å². The largest absolute Gasteiger partial charge is 0.324 e. The highest BCUT2D eigenvalue weighted by atomic mass is 35.5. The number of amides is 1. The number of benzene rings is 1. The summed E-state index contributed by atoms with van der Waals surface area (Å²) in [6.45, 7) is 3.66. The summed E-state index contributed by atoms with van der Waals surface area (Å²) >= 11 is 13.0. The summed E-state index contributed by atoms with van der Waals surface area (Å²) in [4.78, 5) is 30.8. The van der Waals surface area contributed by atoms with Crippen molar-refractivity contribution in [3.63, 3.8) is 0 Å². The first-order valence-corrected chi connectivity index (χ1v) is 8.62. The molecule has 2 rings (SSSR count). The SMILES string of the molecule is CCc1nc(SCC(=O)Nc2cc(Cl)ccc2Cl)[nH]c(=O)c1C. The molecule has 122 valence electrons. The van der Waals surface area contributed by atoms with Gasteiger partial charge in [0.1, 0.15) is 0 Å². The Morgan fingerprint density at radius 2 is 2.13 bits per heavy atom. The summed E-state index contributed by atoms with van der Waals surface area (Å²) in [5, 5.41) is 3.99. The van der Waals surface area contributed by atoms with Gasteiger partial charge in [-0.25, -0.2) is 4.98 Å². The molecule has 2 N–H and O–H groups in total. The quantitative estimate of drug-likeness (QED) is 0.620. The topological polar surface area (TPSA) is 74.8 Å². The summed E-state index contributed by atoms with van der Waals surface area (Å²) in [5.74, 6) is -0.168. The lowest BCUT2D eigenvalue weighted by atomic mass is 10.2. The minimum absolute atomic E-state index is 0.0952. The van der Waals surface area contributed by atoms with Crippen LogP contribution in [0.5, 0.6) is 0 Å². The molecular weight excluding hydrogens is 357 g/mol.